The van der Waals surface area contributed by atoms with Gasteiger partial charge in [0.15, 0.2) is 5.82 Å². The Labute approximate surface area is 103 Å². The van der Waals surface area contributed by atoms with Crippen LogP contribution in [-0.4, -0.2) is 19.7 Å². The first-order chi connectivity index (χ1) is 8.68. The number of fused-ring (bicyclic) bond motifs is 1. The number of nitrogens with zero attached hydrogens (tertiary/aromatic N) is 3. The van der Waals surface area contributed by atoms with Crippen LogP contribution in [0, 0.1) is 13.8 Å². The van der Waals surface area contributed by atoms with Crippen molar-refractivity contribution in [2.45, 2.75) is 13.8 Å². The second kappa shape index (κ2) is 3.80. The van der Waals surface area contributed by atoms with Gasteiger partial charge in [-0.05, 0) is 26.0 Å². The van der Waals surface area contributed by atoms with Crippen molar-refractivity contribution in [3.63, 3.8) is 0 Å². The van der Waals surface area contributed by atoms with Gasteiger partial charge in [0, 0.05) is 23.0 Å². The van der Waals surface area contributed by atoms with Crippen LogP contribution in [0.2, 0.25) is 0 Å². The predicted molar refractivity (Wildman–Crippen MR) is 69.0 cm³/mol. The fraction of sp³-hybridized carbons (Fsp3) is 0.154. The molecule has 1 N–H and O–H groups in total. The average Bonchev–Trinajstić information content (AvgIpc) is 2.67. The van der Waals surface area contributed by atoms with Crippen LogP contribution >= 0.6 is 0 Å². The van der Waals surface area contributed by atoms with Crippen molar-refractivity contribution < 1.29 is 0 Å². The number of pyridine rings is 1. The SMILES string of the molecule is Cc1[nH]c(C)c2c(=O)n(-c3ccccn3)ncc12. The molecule has 5 heteroatoms. The molecule has 3 aromatic rings. The van der Waals surface area contributed by atoms with Crippen molar-refractivity contribution >= 4 is 10.8 Å². The van der Waals surface area contributed by atoms with E-state index in [-0.39, 0.29) is 5.56 Å². The minimum Gasteiger partial charge on any atom is -0.361 e. The van der Waals surface area contributed by atoms with Gasteiger partial charge in [-0.25, -0.2) is 4.98 Å². The Morgan fingerprint density at radius 1 is 1.22 bits per heavy atom. The molecule has 18 heavy (non-hydrogen) atoms. The van der Waals surface area contributed by atoms with Crippen molar-refractivity contribution in [2.24, 2.45) is 0 Å². The van der Waals surface area contributed by atoms with Gasteiger partial charge < -0.3 is 4.98 Å². The number of nitrogens with one attached hydrogen (secondary N) is 1. The molecule has 0 aliphatic carbocycles. The summed E-state index contributed by atoms with van der Waals surface area (Å²) >= 11 is 0. The third kappa shape index (κ3) is 1.44. The largest absolute Gasteiger partial charge is 0.361 e. The van der Waals surface area contributed by atoms with Crippen molar-refractivity contribution in [1.29, 1.82) is 0 Å². The molecule has 0 saturated heterocycles. The van der Waals surface area contributed by atoms with E-state index in [0.717, 1.165) is 16.8 Å². The lowest BCUT2D eigenvalue weighted by Gasteiger charge is -2.02. The van der Waals surface area contributed by atoms with E-state index in [1.165, 1.54) is 4.68 Å². The highest BCUT2D eigenvalue weighted by Crippen LogP contribution is 2.17. The Hall–Kier alpha value is -2.43. The van der Waals surface area contributed by atoms with E-state index < -0.39 is 0 Å². The number of hydrogen-bond donors (Lipinski definition) is 1. The fourth-order valence-electron chi connectivity index (χ4n) is 2.15. The van der Waals surface area contributed by atoms with Crippen LogP contribution in [-0.2, 0) is 0 Å². The molecule has 0 fully saturated rings. The molecular weight excluding hydrogens is 228 g/mol. The van der Waals surface area contributed by atoms with Crippen LogP contribution in [0.5, 0.6) is 0 Å². The summed E-state index contributed by atoms with van der Waals surface area (Å²) in [7, 11) is 0. The number of aryl methyl sites for hydroxylation is 2. The summed E-state index contributed by atoms with van der Waals surface area (Å²) in [5.41, 5.74) is 1.67. The Morgan fingerprint density at radius 3 is 2.78 bits per heavy atom. The van der Waals surface area contributed by atoms with Gasteiger partial charge in [0.25, 0.3) is 5.56 Å². The molecule has 0 saturated carbocycles. The highest BCUT2D eigenvalue weighted by Gasteiger charge is 2.12. The standard InChI is InChI=1S/C13H12N4O/c1-8-10-7-15-17(11-5-3-4-6-14-11)13(18)12(10)9(2)16-8/h3-7,16H,1-2H3. The summed E-state index contributed by atoms with van der Waals surface area (Å²) in [4.78, 5) is 19.7. The maximum Gasteiger partial charge on any atom is 0.282 e. The van der Waals surface area contributed by atoms with Gasteiger partial charge in [0.2, 0.25) is 0 Å². The van der Waals surface area contributed by atoms with E-state index in [9.17, 15) is 4.79 Å². The summed E-state index contributed by atoms with van der Waals surface area (Å²) in [5.74, 6) is 0.530. The maximum absolute atomic E-state index is 12.4. The van der Waals surface area contributed by atoms with Crippen LogP contribution in [0.1, 0.15) is 11.4 Å². The molecule has 3 aromatic heterocycles. The monoisotopic (exact) mass is 240 g/mol. The smallest absolute Gasteiger partial charge is 0.282 e. The van der Waals surface area contributed by atoms with E-state index >= 15 is 0 Å². The van der Waals surface area contributed by atoms with Crippen LogP contribution in [0.15, 0.2) is 35.4 Å². The molecule has 0 aromatic carbocycles. The first-order valence-corrected chi connectivity index (χ1v) is 5.67. The Bertz CT molecular complexity index is 771. The number of hydrogen-bond acceptors (Lipinski definition) is 3. The van der Waals surface area contributed by atoms with Crippen LogP contribution < -0.4 is 5.56 Å². The number of aromatic amines is 1. The van der Waals surface area contributed by atoms with Crippen molar-refractivity contribution in [3.05, 3.63) is 52.3 Å². The summed E-state index contributed by atoms with van der Waals surface area (Å²) < 4.78 is 1.32. The summed E-state index contributed by atoms with van der Waals surface area (Å²) in [5, 5.41) is 5.71. The molecule has 5 nitrogen and oxygen atoms in total. The van der Waals surface area contributed by atoms with Crippen molar-refractivity contribution in [2.75, 3.05) is 0 Å². The highest BCUT2D eigenvalue weighted by molar-refractivity contribution is 5.86. The van der Waals surface area contributed by atoms with Crippen LogP contribution in [0.3, 0.4) is 0 Å². The second-order valence-corrected chi connectivity index (χ2v) is 4.21. The molecule has 0 unspecified atom stereocenters. The topological polar surface area (TPSA) is 63.6 Å². The zero-order valence-electron chi connectivity index (χ0n) is 10.1. The lowest BCUT2D eigenvalue weighted by atomic mass is 10.2. The Balaban J connectivity index is 2.37. The second-order valence-electron chi connectivity index (χ2n) is 4.21. The van der Waals surface area contributed by atoms with Gasteiger partial charge in [-0.2, -0.15) is 9.78 Å². The molecule has 0 atom stereocenters. The summed E-state index contributed by atoms with van der Waals surface area (Å²) in [6.45, 7) is 3.82. The van der Waals surface area contributed by atoms with Crippen molar-refractivity contribution in [3.8, 4) is 5.82 Å². The normalized spacial score (nSPS) is 11.0. The van der Waals surface area contributed by atoms with Crippen LogP contribution in [0.25, 0.3) is 16.6 Å². The van der Waals surface area contributed by atoms with Gasteiger partial charge >= 0.3 is 0 Å². The first kappa shape index (κ1) is 10.7. The number of aromatic nitrogens is 4. The lowest BCUT2D eigenvalue weighted by Crippen LogP contribution is -2.21. The molecule has 90 valence electrons. The summed E-state index contributed by atoms with van der Waals surface area (Å²) in [6, 6.07) is 5.39. The quantitative estimate of drug-likeness (QED) is 0.704. The van der Waals surface area contributed by atoms with E-state index in [4.69, 9.17) is 0 Å². The van der Waals surface area contributed by atoms with Crippen LogP contribution in [0.4, 0.5) is 0 Å². The Morgan fingerprint density at radius 2 is 2.06 bits per heavy atom. The molecule has 0 amide bonds. The fourth-order valence-corrected chi connectivity index (χ4v) is 2.15. The summed E-state index contributed by atoms with van der Waals surface area (Å²) in [6.07, 6.45) is 3.34. The van der Waals surface area contributed by atoms with Crippen molar-refractivity contribution in [1.82, 2.24) is 19.7 Å². The van der Waals surface area contributed by atoms with E-state index in [2.05, 4.69) is 15.1 Å². The number of H-pyrrole nitrogens is 1. The highest BCUT2D eigenvalue weighted by atomic mass is 16.1. The first-order valence-electron chi connectivity index (χ1n) is 5.67. The third-order valence-corrected chi connectivity index (χ3v) is 3.00. The lowest BCUT2D eigenvalue weighted by molar-refractivity contribution is 0.794. The van der Waals surface area contributed by atoms with E-state index in [1.807, 2.05) is 19.9 Å². The van der Waals surface area contributed by atoms with Gasteiger partial charge in [-0.1, -0.05) is 6.07 Å². The average molecular weight is 240 g/mol. The molecule has 0 radical (unpaired) electrons. The molecule has 0 bridgehead atoms. The molecule has 0 aliphatic heterocycles. The third-order valence-electron chi connectivity index (χ3n) is 3.00. The minimum atomic E-state index is -0.145. The number of rotatable bonds is 1. The zero-order chi connectivity index (χ0) is 12.7. The Kier molecular flexibility index (Phi) is 2.26. The van der Waals surface area contributed by atoms with Gasteiger partial charge in [-0.3, -0.25) is 4.79 Å². The molecule has 3 heterocycles. The predicted octanol–water partition coefficient (Wildman–Crippen LogP) is 1.73. The van der Waals surface area contributed by atoms with Gasteiger partial charge in [0.1, 0.15) is 0 Å². The van der Waals surface area contributed by atoms with E-state index in [0.29, 0.717) is 11.2 Å². The molecular formula is C13H12N4O. The molecule has 0 aliphatic rings. The maximum atomic E-state index is 12.4. The zero-order valence-corrected chi connectivity index (χ0v) is 10.1. The molecule has 3 rings (SSSR count). The molecule has 0 spiro atoms. The van der Waals surface area contributed by atoms with Gasteiger partial charge in [0.05, 0.1) is 11.6 Å². The minimum absolute atomic E-state index is 0.145. The van der Waals surface area contributed by atoms with E-state index in [1.54, 1.807) is 24.5 Å². The van der Waals surface area contributed by atoms with Gasteiger partial charge in [-0.15, -0.1) is 0 Å².